The van der Waals surface area contributed by atoms with Crippen molar-refractivity contribution in [1.82, 2.24) is 4.90 Å². The van der Waals surface area contributed by atoms with Crippen LogP contribution in [0.25, 0.3) is 0 Å². The zero-order valence-corrected chi connectivity index (χ0v) is 13.0. The largest absolute Gasteiger partial charge is 0.370 e. The minimum Gasteiger partial charge on any atom is -0.370 e. The number of piperidine rings is 1. The van der Waals surface area contributed by atoms with Crippen molar-refractivity contribution >= 4 is 15.9 Å². The van der Waals surface area contributed by atoms with E-state index in [0.29, 0.717) is 16.5 Å². The summed E-state index contributed by atoms with van der Waals surface area (Å²) in [7, 11) is 0. The summed E-state index contributed by atoms with van der Waals surface area (Å²) in [5, 5.41) is 0. The van der Waals surface area contributed by atoms with Crippen molar-refractivity contribution in [3.05, 3.63) is 0 Å². The van der Waals surface area contributed by atoms with Crippen molar-refractivity contribution in [2.24, 2.45) is 0 Å². The third-order valence-electron chi connectivity index (χ3n) is 5.01. The van der Waals surface area contributed by atoms with E-state index in [1.165, 1.54) is 77.4 Å². The van der Waals surface area contributed by atoms with Crippen LogP contribution in [0.3, 0.4) is 0 Å². The van der Waals surface area contributed by atoms with Gasteiger partial charge < -0.3 is 4.74 Å². The lowest BCUT2D eigenvalue weighted by Gasteiger charge is -2.35. The molecule has 2 aliphatic heterocycles. The van der Waals surface area contributed by atoms with Crippen LogP contribution < -0.4 is 0 Å². The van der Waals surface area contributed by atoms with Crippen molar-refractivity contribution in [3.63, 3.8) is 0 Å². The molecule has 1 aliphatic carbocycles. The highest BCUT2D eigenvalue weighted by molar-refractivity contribution is 9.09. The van der Waals surface area contributed by atoms with E-state index in [0.717, 1.165) is 0 Å². The summed E-state index contributed by atoms with van der Waals surface area (Å²) < 4.78 is 6.47. The molecule has 0 amide bonds. The average molecular weight is 316 g/mol. The molecule has 0 N–H and O–H groups in total. The van der Waals surface area contributed by atoms with Gasteiger partial charge in [0, 0.05) is 17.9 Å². The third kappa shape index (κ3) is 3.10. The molecule has 0 aromatic heterocycles. The zero-order valence-electron chi connectivity index (χ0n) is 11.4. The summed E-state index contributed by atoms with van der Waals surface area (Å²) in [6.45, 7) is 3.66. The second-order valence-electron chi connectivity index (χ2n) is 6.52. The van der Waals surface area contributed by atoms with Gasteiger partial charge in [0.25, 0.3) is 0 Å². The Kier molecular flexibility index (Phi) is 4.32. The van der Waals surface area contributed by atoms with Gasteiger partial charge >= 0.3 is 0 Å². The van der Waals surface area contributed by atoms with Crippen LogP contribution in [0.2, 0.25) is 0 Å². The molecule has 0 bridgehead atoms. The molecule has 3 rings (SSSR count). The van der Waals surface area contributed by atoms with Crippen LogP contribution in [0.1, 0.15) is 57.8 Å². The van der Waals surface area contributed by atoms with Crippen LogP contribution >= 0.6 is 15.9 Å². The van der Waals surface area contributed by atoms with E-state index in [9.17, 15) is 0 Å². The highest BCUT2D eigenvalue weighted by Crippen LogP contribution is 2.42. The minimum atomic E-state index is 0.298. The SMILES string of the molecule is BrC1CCCN(CC2CCC3(CCCCC3)O2)C1. The Bertz CT molecular complexity index is 278. The Morgan fingerprint density at radius 3 is 2.67 bits per heavy atom. The summed E-state index contributed by atoms with van der Waals surface area (Å²) in [6.07, 6.45) is 12.7. The van der Waals surface area contributed by atoms with Gasteiger partial charge in [-0.05, 0) is 45.1 Å². The fourth-order valence-electron chi connectivity index (χ4n) is 4.04. The molecular formula is C15H26BrNO. The van der Waals surface area contributed by atoms with Crippen molar-refractivity contribution in [1.29, 1.82) is 0 Å². The van der Waals surface area contributed by atoms with Gasteiger partial charge in [0.2, 0.25) is 0 Å². The second-order valence-corrected chi connectivity index (χ2v) is 7.82. The van der Waals surface area contributed by atoms with Gasteiger partial charge in [0.05, 0.1) is 11.7 Å². The summed E-state index contributed by atoms with van der Waals surface area (Å²) in [4.78, 5) is 3.31. The van der Waals surface area contributed by atoms with Crippen molar-refractivity contribution in [3.8, 4) is 0 Å². The molecule has 3 heteroatoms. The molecule has 2 nitrogen and oxygen atoms in total. The second kappa shape index (κ2) is 5.80. The molecule has 0 aromatic carbocycles. The maximum absolute atomic E-state index is 6.47. The van der Waals surface area contributed by atoms with Gasteiger partial charge in [0.15, 0.2) is 0 Å². The first-order chi connectivity index (χ1) is 8.76. The third-order valence-corrected chi connectivity index (χ3v) is 5.76. The molecule has 2 saturated heterocycles. The molecule has 3 aliphatic rings. The molecule has 0 radical (unpaired) electrons. The predicted molar refractivity (Wildman–Crippen MR) is 78.3 cm³/mol. The van der Waals surface area contributed by atoms with Crippen LogP contribution in [0.4, 0.5) is 0 Å². The van der Waals surface area contributed by atoms with E-state index in [1.54, 1.807) is 0 Å². The smallest absolute Gasteiger partial charge is 0.0710 e. The molecule has 0 aromatic rings. The lowest BCUT2D eigenvalue weighted by molar-refractivity contribution is -0.0725. The zero-order chi connectivity index (χ0) is 12.4. The number of halogens is 1. The normalized spacial score (nSPS) is 37.2. The first-order valence-electron chi connectivity index (χ1n) is 7.80. The van der Waals surface area contributed by atoms with Crippen LogP contribution in [0, 0.1) is 0 Å². The van der Waals surface area contributed by atoms with Gasteiger partial charge in [-0.1, -0.05) is 35.2 Å². The molecule has 1 saturated carbocycles. The molecule has 104 valence electrons. The van der Waals surface area contributed by atoms with Crippen LogP contribution in [0.15, 0.2) is 0 Å². The summed E-state index contributed by atoms with van der Waals surface area (Å²) in [5.74, 6) is 0. The van der Waals surface area contributed by atoms with E-state index in [1.807, 2.05) is 0 Å². The fourth-order valence-corrected chi connectivity index (χ4v) is 4.77. The van der Waals surface area contributed by atoms with E-state index in [4.69, 9.17) is 4.74 Å². The maximum Gasteiger partial charge on any atom is 0.0710 e. The molecule has 18 heavy (non-hydrogen) atoms. The van der Waals surface area contributed by atoms with Crippen molar-refractivity contribution in [2.45, 2.75) is 74.3 Å². The number of likely N-dealkylation sites (tertiary alicyclic amines) is 1. The number of hydrogen-bond acceptors (Lipinski definition) is 2. The minimum absolute atomic E-state index is 0.298. The Labute approximate surface area is 120 Å². The van der Waals surface area contributed by atoms with Gasteiger partial charge in [-0.3, -0.25) is 4.90 Å². The van der Waals surface area contributed by atoms with E-state index >= 15 is 0 Å². The highest BCUT2D eigenvalue weighted by atomic mass is 79.9. The fraction of sp³-hybridized carbons (Fsp3) is 1.00. The van der Waals surface area contributed by atoms with Gasteiger partial charge in [-0.2, -0.15) is 0 Å². The number of alkyl halides is 1. The highest BCUT2D eigenvalue weighted by Gasteiger charge is 2.41. The first kappa shape index (κ1) is 13.4. The molecule has 3 fully saturated rings. The maximum atomic E-state index is 6.47. The van der Waals surface area contributed by atoms with Crippen LogP contribution in [-0.2, 0) is 4.74 Å². The Morgan fingerprint density at radius 2 is 1.89 bits per heavy atom. The van der Waals surface area contributed by atoms with Crippen LogP contribution in [-0.4, -0.2) is 41.1 Å². The predicted octanol–water partition coefficient (Wildman–Crippen LogP) is 3.73. The molecule has 2 heterocycles. The number of ether oxygens (including phenoxy) is 1. The molecule has 1 spiro atoms. The van der Waals surface area contributed by atoms with E-state index < -0.39 is 0 Å². The van der Waals surface area contributed by atoms with E-state index in [2.05, 4.69) is 20.8 Å². The van der Waals surface area contributed by atoms with E-state index in [-0.39, 0.29) is 0 Å². The lowest BCUT2D eigenvalue weighted by Crippen LogP contribution is -2.41. The van der Waals surface area contributed by atoms with Gasteiger partial charge in [0.1, 0.15) is 0 Å². The Balaban J connectivity index is 1.49. The lowest BCUT2D eigenvalue weighted by atomic mass is 9.83. The Hall–Kier alpha value is 0.400. The number of nitrogens with zero attached hydrogens (tertiary/aromatic N) is 1. The molecule has 2 unspecified atom stereocenters. The standard InChI is InChI=1S/C15H26BrNO/c16-13-5-4-10-17(11-13)12-14-6-9-15(18-14)7-2-1-3-8-15/h13-14H,1-12H2. The van der Waals surface area contributed by atoms with Gasteiger partial charge in [-0.15, -0.1) is 0 Å². The number of hydrogen-bond donors (Lipinski definition) is 0. The summed E-state index contributed by atoms with van der Waals surface area (Å²) in [6, 6.07) is 0. The van der Waals surface area contributed by atoms with Crippen molar-refractivity contribution in [2.75, 3.05) is 19.6 Å². The Morgan fingerprint density at radius 1 is 1.06 bits per heavy atom. The first-order valence-corrected chi connectivity index (χ1v) is 8.72. The van der Waals surface area contributed by atoms with Crippen molar-refractivity contribution < 1.29 is 4.74 Å². The molecule has 2 atom stereocenters. The van der Waals surface area contributed by atoms with Crippen LogP contribution in [0.5, 0.6) is 0 Å². The topological polar surface area (TPSA) is 12.5 Å². The average Bonchev–Trinajstić information content (AvgIpc) is 2.73. The summed E-state index contributed by atoms with van der Waals surface area (Å²) >= 11 is 3.77. The van der Waals surface area contributed by atoms with Gasteiger partial charge in [-0.25, -0.2) is 0 Å². The summed E-state index contributed by atoms with van der Waals surface area (Å²) in [5.41, 5.74) is 0.298. The number of rotatable bonds is 2. The molecular weight excluding hydrogens is 290 g/mol. The quantitative estimate of drug-likeness (QED) is 0.720. The monoisotopic (exact) mass is 315 g/mol.